The first-order valence-corrected chi connectivity index (χ1v) is 7.32. The van der Waals surface area contributed by atoms with Crippen molar-refractivity contribution in [2.45, 2.75) is 58.6 Å². The highest BCUT2D eigenvalue weighted by molar-refractivity contribution is 5.02. The van der Waals surface area contributed by atoms with E-state index >= 15 is 0 Å². The Bertz CT molecular complexity index is 369. The first-order valence-electron chi connectivity index (χ1n) is 7.32. The van der Waals surface area contributed by atoms with Gasteiger partial charge in [0, 0.05) is 25.2 Å². The van der Waals surface area contributed by atoms with Crippen LogP contribution in [-0.4, -0.2) is 49.7 Å². The topological polar surface area (TPSA) is 54.2 Å². The van der Waals surface area contributed by atoms with E-state index in [0.717, 1.165) is 31.6 Å². The molecular weight excluding hydrogens is 240 g/mol. The highest BCUT2D eigenvalue weighted by Crippen LogP contribution is 2.29. The molecule has 19 heavy (non-hydrogen) atoms. The van der Waals surface area contributed by atoms with Gasteiger partial charge < -0.3 is 5.11 Å². The zero-order valence-electron chi connectivity index (χ0n) is 12.9. The number of rotatable bonds is 8. The van der Waals surface area contributed by atoms with Gasteiger partial charge in [0.1, 0.15) is 0 Å². The maximum Gasteiger partial charge on any atom is 0.0853 e. The number of nitrogens with zero attached hydrogens (tertiary/aromatic N) is 4. The van der Waals surface area contributed by atoms with E-state index in [1.54, 1.807) is 4.68 Å². The van der Waals surface area contributed by atoms with Gasteiger partial charge in [-0.25, -0.2) is 0 Å². The Hall–Kier alpha value is -0.940. The normalized spacial score (nSPS) is 14.1. The largest absolute Gasteiger partial charge is 0.391 e. The van der Waals surface area contributed by atoms with Gasteiger partial charge in [0.15, 0.2) is 0 Å². The van der Waals surface area contributed by atoms with Crippen LogP contribution in [0.25, 0.3) is 0 Å². The minimum absolute atomic E-state index is 0.166. The summed E-state index contributed by atoms with van der Waals surface area (Å²) in [5.41, 5.74) is 0.689. The van der Waals surface area contributed by atoms with E-state index in [2.05, 4.69) is 42.9 Å². The molecule has 1 rings (SSSR count). The molecule has 0 aliphatic carbocycles. The third-order valence-electron chi connectivity index (χ3n) is 4.29. The monoisotopic (exact) mass is 268 g/mol. The van der Waals surface area contributed by atoms with Crippen LogP contribution in [0.1, 0.15) is 46.2 Å². The fraction of sp³-hybridized carbons (Fsp3) is 0.857. The van der Waals surface area contributed by atoms with Crippen molar-refractivity contribution in [1.82, 2.24) is 19.9 Å². The van der Waals surface area contributed by atoms with Gasteiger partial charge in [0.05, 0.1) is 11.8 Å². The number of aliphatic hydroxyl groups is 1. The van der Waals surface area contributed by atoms with E-state index in [1.165, 1.54) is 0 Å². The molecular formula is C14H28N4O. The molecule has 0 aromatic carbocycles. The van der Waals surface area contributed by atoms with Gasteiger partial charge in [0.25, 0.3) is 0 Å². The fourth-order valence-electron chi connectivity index (χ4n) is 3.11. The summed E-state index contributed by atoms with van der Waals surface area (Å²) in [7, 11) is 1.85. The van der Waals surface area contributed by atoms with Crippen LogP contribution >= 0.6 is 0 Å². The molecule has 0 saturated carbocycles. The molecule has 1 unspecified atom stereocenters. The van der Waals surface area contributed by atoms with E-state index in [1.807, 2.05) is 13.2 Å². The van der Waals surface area contributed by atoms with Gasteiger partial charge in [-0.1, -0.05) is 32.9 Å². The summed E-state index contributed by atoms with van der Waals surface area (Å²) in [4.78, 5) is 2.37. The molecule has 1 aromatic heterocycles. The van der Waals surface area contributed by atoms with E-state index in [4.69, 9.17) is 0 Å². The van der Waals surface area contributed by atoms with Gasteiger partial charge in [-0.2, -0.15) is 0 Å². The molecule has 0 fully saturated rings. The van der Waals surface area contributed by atoms with E-state index < -0.39 is 6.10 Å². The van der Waals surface area contributed by atoms with Gasteiger partial charge in [-0.15, -0.1) is 5.10 Å². The van der Waals surface area contributed by atoms with Gasteiger partial charge in [0.2, 0.25) is 0 Å². The van der Waals surface area contributed by atoms with E-state index in [-0.39, 0.29) is 5.54 Å². The summed E-state index contributed by atoms with van der Waals surface area (Å²) >= 11 is 0. The number of likely N-dealkylation sites (N-methyl/N-ethyl adjacent to an activating group) is 1. The van der Waals surface area contributed by atoms with Crippen molar-refractivity contribution in [3.63, 3.8) is 0 Å². The molecule has 110 valence electrons. The summed E-state index contributed by atoms with van der Waals surface area (Å²) in [5.74, 6) is 0. The molecule has 0 radical (unpaired) electrons. The van der Waals surface area contributed by atoms with Crippen molar-refractivity contribution in [3.05, 3.63) is 11.9 Å². The SMILES string of the molecule is CCN(CC)C(CC)(CC)C(O)Cc1cn(C)nn1. The van der Waals surface area contributed by atoms with Crippen molar-refractivity contribution < 1.29 is 5.11 Å². The molecule has 1 N–H and O–H groups in total. The third kappa shape index (κ3) is 3.34. The van der Waals surface area contributed by atoms with Crippen molar-refractivity contribution >= 4 is 0 Å². The van der Waals surface area contributed by atoms with Crippen LogP contribution in [0, 0.1) is 0 Å². The average Bonchev–Trinajstić information content (AvgIpc) is 2.81. The molecule has 0 bridgehead atoms. The maximum absolute atomic E-state index is 10.7. The van der Waals surface area contributed by atoms with Crippen molar-refractivity contribution in [2.24, 2.45) is 7.05 Å². The van der Waals surface area contributed by atoms with E-state index in [0.29, 0.717) is 6.42 Å². The summed E-state index contributed by atoms with van der Waals surface area (Å²) in [5, 5.41) is 18.7. The molecule has 0 amide bonds. The minimum atomic E-state index is -0.418. The molecule has 5 nitrogen and oxygen atoms in total. The maximum atomic E-state index is 10.7. The van der Waals surface area contributed by atoms with Crippen LogP contribution in [-0.2, 0) is 13.5 Å². The van der Waals surface area contributed by atoms with Crippen LogP contribution in [0.4, 0.5) is 0 Å². The molecule has 1 heterocycles. The number of aromatic nitrogens is 3. The molecule has 5 heteroatoms. The number of aryl methyl sites for hydroxylation is 1. The highest BCUT2D eigenvalue weighted by Gasteiger charge is 2.39. The Kier molecular flexibility index (Phi) is 5.94. The van der Waals surface area contributed by atoms with E-state index in [9.17, 15) is 5.11 Å². The summed E-state index contributed by atoms with van der Waals surface area (Å²) in [6.07, 6.45) is 3.89. The smallest absolute Gasteiger partial charge is 0.0853 e. The van der Waals surface area contributed by atoms with Gasteiger partial charge >= 0.3 is 0 Å². The van der Waals surface area contributed by atoms with Crippen molar-refractivity contribution in [2.75, 3.05) is 13.1 Å². The lowest BCUT2D eigenvalue weighted by Crippen LogP contribution is -2.56. The Morgan fingerprint density at radius 1 is 1.26 bits per heavy atom. The Morgan fingerprint density at radius 3 is 2.21 bits per heavy atom. The Labute approximate surface area is 116 Å². The van der Waals surface area contributed by atoms with Crippen molar-refractivity contribution in [3.8, 4) is 0 Å². The first-order chi connectivity index (χ1) is 9.03. The van der Waals surface area contributed by atoms with Crippen LogP contribution in [0.2, 0.25) is 0 Å². The second-order valence-corrected chi connectivity index (χ2v) is 5.09. The van der Waals surface area contributed by atoms with Gasteiger partial charge in [-0.05, 0) is 25.9 Å². The molecule has 1 atom stereocenters. The predicted molar refractivity (Wildman–Crippen MR) is 76.9 cm³/mol. The second kappa shape index (κ2) is 7.01. The Balaban J connectivity index is 2.91. The zero-order valence-corrected chi connectivity index (χ0v) is 12.9. The lowest BCUT2D eigenvalue weighted by Gasteiger charge is -2.45. The number of hydrogen-bond acceptors (Lipinski definition) is 4. The van der Waals surface area contributed by atoms with Crippen LogP contribution < -0.4 is 0 Å². The average molecular weight is 268 g/mol. The number of hydrogen-bond donors (Lipinski definition) is 1. The lowest BCUT2D eigenvalue weighted by molar-refractivity contribution is -0.0345. The molecule has 0 saturated heterocycles. The van der Waals surface area contributed by atoms with Crippen molar-refractivity contribution in [1.29, 1.82) is 0 Å². The lowest BCUT2D eigenvalue weighted by atomic mass is 9.82. The Morgan fingerprint density at radius 2 is 1.84 bits per heavy atom. The zero-order chi connectivity index (χ0) is 14.5. The quantitative estimate of drug-likeness (QED) is 0.778. The van der Waals surface area contributed by atoms with Gasteiger partial charge in [-0.3, -0.25) is 9.58 Å². The highest BCUT2D eigenvalue weighted by atomic mass is 16.3. The van der Waals surface area contributed by atoms with Crippen LogP contribution in [0.5, 0.6) is 0 Å². The standard InChI is InChI=1S/C14H28N4O/c1-6-14(7-2,18(8-3)9-4)13(19)10-12-11-17(5)16-15-12/h11,13,19H,6-10H2,1-5H3. The predicted octanol–water partition coefficient (Wildman–Crippen LogP) is 1.62. The molecule has 1 aromatic rings. The summed E-state index contributed by atoms with van der Waals surface area (Å²) < 4.78 is 1.68. The molecule has 0 spiro atoms. The summed E-state index contributed by atoms with van der Waals surface area (Å²) in [6.45, 7) is 10.5. The van der Waals surface area contributed by atoms with Crippen LogP contribution in [0.15, 0.2) is 6.20 Å². The first kappa shape index (κ1) is 16.1. The minimum Gasteiger partial charge on any atom is -0.391 e. The molecule has 0 aliphatic heterocycles. The number of aliphatic hydroxyl groups excluding tert-OH is 1. The summed E-state index contributed by atoms with van der Waals surface area (Å²) in [6, 6.07) is 0. The molecule has 0 aliphatic rings. The second-order valence-electron chi connectivity index (χ2n) is 5.09. The third-order valence-corrected chi connectivity index (χ3v) is 4.29. The fourth-order valence-corrected chi connectivity index (χ4v) is 3.11. The van der Waals surface area contributed by atoms with Crippen LogP contribution in [0.3, 0.4) is 0 Å².